The Kier molecular flexibility index (Phi) is 3.94. The molecule has 1 fully saturated rings. The zero-order valence-corrected chi connectivity index (χ0v) is 12.0. The van der Waals surface area contributed by atoms with E-state index in [4.69, 9.17) is 0 Å². The lowest BCUT2D eigenvalue weighted by Crippen LogP contribution is -2.50. The second-order valence-corrected chi connectivity index (χ2v) is 6.95. The molecule has 1 aliphatic rings. The summed E-state index contributed by atoms with van der Waals surface area (Å²) in [6, 6.07) is 3.86. The molecule has 1 saturated carbocycles. The standard InChI is InChI=1S/C13H19FN2O2S/c1-13(6-3-7-13)16-19(17,18)12-8-11(14)5-4-10(12)9-15-2/h4-5,8,15-16H,3,6-7,9H2,1-2H3. The quantitative estimate of drug-likeness (QED) is 0.867. The summed E-state index contributed by atoms with van der Waals surface area (Å²) in [4.78, 5) is 0.0231. The van der Waals surface area contributed by atoms with Gasteiger partial charge in [-0.25, -0.2) is 17.5 Å². The van der Waals surface area contributed by atoms with Crippen LogP contribution in [0.3, 0.4) is 0 Å². The highest BCUT2D eigenvalue weighted by Gasteiger charge is 2.36. The molecule has 0 saturated heterocycles. The molecule has 2 rings (SSSR count). The van der Waals surface area contributed by atoms with Crippen molar-refractivity contribution in [1.82, 2.24) is 10.0 Å². The van der Waals surface area contributed by atoms with E-state index in [2.05, 4.69) is 10.0 Å². The SMILES string of the molecule is CNCc1ccc(F)cc1S(=O)(=O)NC1(C)CCC1. The molecule has 6 heteroatoms. The van der Waals surface area contributed by atoms with Crippen LogP contribution in [0.2, 0.25) is 0 Å². The summed E-state index contributed by atoms with van der Waals surface area (Å²) in [7, 11) is -1.96. The minimum absolute atomic E-state index is 0.0231. The molecule has 19 heavy (non-hydrogen) atoms. The third kappa shape index (κ3) is 3.13. The van der Waals surface area contributed by atoms with Gasteiger partial charge in [-0.2, -0.15) is 0 Å². The lowest BCUT2D eigenvalue weighted by atomic mass is 9.80. The van der Waals surface area contributed by atoms with Crippen LogP contribution in [0.4, 0.5) is 4.39 Å². The molecular formula is C13H19FN2O2S. The molecule has 0 aliphatic heterocycles. The van der Waals surface area contributed by atoms with E-state index < -0.39 is 15.8 Å². The van der Waals surface area contributed by atoms with Crippen LogP contribution in [0.5, 0.6) is 0 Å². The molecule has 2 N–H and O–H groups in total. The average molecular weight is 286 g/mol. The Labute approximate surface area is 113 Å². The van der Waals surface area contributed by atoms with Gasteiger partial charge in [-0.1, -0.05) is 6.07 Å². The summed E-state index contributed by atoms with van der Waals surface area (Å²) in [5.41, 5.74) is 0.182. The Hall–Kier alpha value is -0.980. The Balaban J connectivity index is 2.35. The zero-order chi connectivity index (χ0) is 14.1. The monoisotopic (exact) mass is 286 g/mol. The smallest absolute Gasteiger partial charge is 0.241 e. The molecule has 1 aromatic carbocycles. The van der Waals surface area contributed by atoms with Gasteiger partial charge in [0.1, 0.15) is 5.82 Å². The first-order valence-corrected chi connectivity index (χ1v) is 7.82. The summed E-state index contributed by atoms with van der Waals surface area (Å²) in [5, 5.41) is 2.89. The highest BCUT2D eigenvalue weighted by molar-refractivity contribution is 7.89. The van der Waals surface area contributed by atoms with Crippen LogP contribution in [0.1, 0.15) is 31.7 Å². The normalized spacial score (nSPS) is 18.1. The van der Waals surface area contributed by atoms with E-state index in [0.29, 0.717) is 12.1 Å². The van der Waals surface area contributed by atoms with Gasteiger partial charge in [0, 0.05) is 12.1 Å². The molecule has 0 amide bonds. The number of halogens is 1. The van der Waals surface area contributed by atoms with Gasteiger partial charge in [-0.15, -0.1) is 0 Å². The molecule has 0 aromatic heterocycles. The number of rotatable bonds is 5. The first-order valence-electron chi connectivity index (χ1n) is 6.33. The summed E-state index contributed by atoms with van der Waals surface area (Å²) < 4.78 is 40.8. The van der Waals surface area contributed by atoms with Crippen LogP contribution in [0, 0.1) is 5.82 Å². The topological polar surface area (TPSA) is 58.2 Å². The van der Waals surface area contributed by atoms with Crippen LogP contribution in [-0.2, 0) is 16.6 Å². The minimum Gasteiger partial charge on any atom is -0.316 e. The maximum atomic E-state index is 13.3. The zero-order valence-electron chi connectivity index (χ0n) is 11.2. The molecule has 0 heterocycles. The molecule has 106 valence electrons. The van der Waals surface area contributed by atoms with E-state index in [-0.39, 0.29) is 10.4 Å². The highest BCUT2D eigenvalue weighted by atomic mass is 32.2. The Morgan fingerprint density at radius 3 is 2.58 bits per heavy atom. The fourth-order valence-electron chi connectivity index (χ4n) is 2.30. The van der Waals surface area contributed by atoms with Gasteiger partial charge in [0.05, 0.1) is 4.90 Å². The lowest BCUT2D eigenvalue weighted by molar-refractivity contribution is 0.248. The molecule has 0 bridgehead atoms. The van der Waals surface area contributed by atoms with Gasteiger partial charge in [0.25, 0.3) is 0 Å². The molecule has 0 spiro atoms. The summed E-state index contributed by atoms with van der Waals surface area (Å²) in [5.74, 6) is -0.543. The van der Waals surface area contributed by atoms with Crippen molar-refractivity contribution in [3.05, 3.63) is 29.6 Å². The van der Waals surface area contributed by atoms with Gasteiger partial charge < -0.3 is 5.32 Å². The second-order valence-electron chi connectivity index (χ2n) is 5.30. The number of hydrogen-bond acceptors (Lipinski definition) is 3. The largest absolute Gasteiger partial charge is 0.316 e. The van der Waals surface area contributed by atoms with E-state index in [1.165, 1.54) is 12.1 Å². The maximum Gasteiger partial charge on any atom is 0.241 e. The average Bonchev–Trinajstić information content (AvgIpc) is 2.29. The molecule has 1 aliphatic carbocycles. The van der Waals surface area contributed by atoms with Gasteiger partial charge in [0.2, 0.25) is 10.0 Å². The summed E-state index contributed by atoms with van der Waals surface area (Å²) >= 11 is 0. The van der Waals surface area contributed by atoms with Gasteiger partial charge >= 0.3 is 0 Å². The Morgan fingerprint density at radius 1 is 1.37 bits per heavy atom. The van der Waals surface area contributed by atoms with E-state index >= 15 is 0 Å². The molecule has 0 radical (unpaired) electrons. The van der Waals surface area contributed by atoms with Crippen molar-refractivity contribution in [2.24, 2.45) is 0 Å². The van der Waals surface area contributed by atoms with Crippen molar-refractivity contribution in [1.29, 1.82) is 0 Å². The third-order valence-corrected chi connectivity index (χ3v) is 5.24. The third-order valence-electron chi connectivity index (χ3n) is 3.52. The van der Waals surface area contributed by atoms with Crippen molar-refractivity contribution < 1.29 is 12.8 Å². The fraction of sp³-hybridized carbons (Fsp3) is 0.538. The van der Waals surface area contributed by atoms with Crippen molar-refractivity contribution in [3.8, 4) is 0 Å². The maximum absolute atomic E-state index is 13.3. The summed E-state index contributed by atoms with van der Waals surface area (Å²) in [6.45, 7) is 2.26. The number of sulfonamides is 1. The Bertz CT molecular complexity index is 568. The van der Waals surface area contributed by atoms with Crippen molar-refractivity contribution in [2.75, 3.05) is 7.05 Å². The van der Waals surface area contributed by atoms with E-state index in [1.54, 1.807) is 7.05 Å². The lowest BCUT2D eigenvalue weighted by Gasteiger charge is -2.38. The molecule has 0 atom stereocenters. The number of hydrogen-bond donors (Lipinski definition) is 2. The van der Waals surface area contributed by atoms with E-state index in [0.717, 1.165) is 25.3 Å². The van der Waals surface area contributed by atoms with Gasteiger partial charge in [-0.05, 0) is 50.9 Å². The predicted octanol–water partition coefficient (Wildman–Crippen LogP) is 1.77. The molecular weight excluding hydrogens is 267 g/mol. The number of nitrogens with one attached hydrogen (secondary N) is 2. The van der Waals surface area contributed by atoms with Crippen LogP contribution in [0.15, 0.2) is 23.1 Å². The molecule has 1 aromatic rings. The summed E-state index contributed by atoms with van der Waals surface area (Å²) in [6.07, 6.45) is 2.66. The van der Waals surface area contributed by atoms with Crippen LogP contribution in [0.25, 0.3) is 0 Å². The highest BCUT2D eigenvalue weighted by Crippen LogP contribution is 2.33. The first-order chi connectivity index (χ1) is 8.86. The van der Waals surface area contributed by atoms with Crippen LogP contribution in [-0.4, -0.2) is 21.0 Å². The van der Waals surface area contributed by atoms with Crippen molar-refractivity contribution >= 4 is 10.0 Å². The first kappa shape index (κ1) is 14.4. The van der Waals surface area contributed by atoms with Crippen LogP contribution >= 0.6 is 0 Å². The minimum atomic E-state index is -3.68. The van der Waals surface area contributed by atoms with Gasteiger partial charge in [0.15, 0.2) is 0 Å². The van der Waals surface area contributed by atoms with Crippen molar-refractivity contribution in [3.63, 3.8) is 0 Å². The number of benzene rings is 1. The van der Waals surface area contributed by atoms with E-state index in [1.807, 2.05) is 6.92 Å². The van der Waals surface area contributed by atoms with Crippen molar-refractivity contribution in [2.45, 2.75) is 43.2 Å². The van der Waals surface area contributed by atoms with Crippen LogP contribution < -0.4 is 10.0 Å². The second kappa shape index (κ2) is 5.19. The van der Waals surface area contributed by atoms with E-state index in [9.17, 15) is 12.8 Å². The molecule has 4 nitrogen and oxygen atoms in total. The molecule has 0 unspecified atom stereocenters. The Morgan fingerprint density at radius 2 is 2.05 bits per heavy atom. The van der Waals surface area contributed by atoms with Gasteiger partial charge in [-0.3, -0.25) is 0 Å². The predicted molar refractivity (Wildman–Crippen MR) is 71.7 cm³/mol. The fourth-order valence-corrected chi connectivity index (χ4v) is 4.02.